The van der Waals surface area contributed by atoms with Gasteiger partial charge in [0.05, 0.1) is 13.2 Å². The minimum Gasteiger partial charge on any atom is -0.379 e. The summed E-state index contributed by atoms with van der Waals surface area (Å²) >= 11 is 0. The summed E-state index contributed by atoms with van der Waals surface area (Å²) in [5, 5.41) is 0. The molecule has 5 nitrogen and oxygen atoms in total. The highest BCUT2D eigenvalue weighted by Crippen LogP contribution is 2.25. The predicted octanol–water partition coefficient (Wildman–Crippen LogP) is 4.76. The molecule has 1 fully saturated rings. The van der Waals surface area contributed by atoms with Crippen molar-refractivity contribution in [1.29, 1.82) is 0 Å². The summed E-state index contributed by atoms with van der Waals surface area (Å²) in [6, 6.07) is 0. The highest BCUT2D eigenvalue weighted by atomic mass is 16.6. The second-order valence-electron chi connectivity index (χ2n) is 7.44. The maximum absolute atomic E-state index is 6.28. The van der Waals surface area contributed by atoms with E-state index in [0.717, 1.165) is 77.8 Å². The molecule has 0 saturated carbocycles. The van der Waals surface area contributed by atoms with Gasteiger partial charge in [0.2, 0.25) is 0 Å². The SMILES string of the molecule is CCCCOCC1OC[C@@H](OCCCC)C(OCCCC)[C@@H]1OCCCC. The summed E-state index contributed by atoms with van der Waals surface area (Å²) in [6.45, 7) is 12.8. The van der Waals surface area contributed by atoms with Crippen LogP contribution in [0.15, 0.2) is 0 Å². The quantitative estimate of drug-likeness (QED) is 0.336. The molecule has 0 N–H and O–H groups in total. The van der Waals surface area contributed by atoms with Gasteiger partial charge >= 0.3 is 0 Å². The second kappa shape index (κ2) is 16.7. The largest absolute Gasteiger partial charge is 0.379 e. The van der Waals surface area contributed by atoms with Gasteiger partial charge in [-0.1, -0.05) is 53.4 Å². The monoisotopic (exact) mass is 388 g/mol. The van der Waals surface area contributed by atoms with Crippen molar-refractivity contribution >= 4 is 0 Å². The molecule has 0 aromatic carbocycles. The first-order chi connectivity index (χ1) is 13.3. The Hall–Kier alpha value is -0.200. The normalized spacial score (nSPS) is 25.8. The number of unbranched alkanes of at least 4 members (excludes halogenated alkanes) is 4. The average molecular weight is 389 g/mol. The molecule has 2 unspecified atom stereocenters. The Labute approximate surface area is 167 Å². The summed E-state index contributed by atoms with van der Waals surface area (Å²) in [5.74, 6) is 0. The molecule has 4 atom stereocenters. The summed E-state index contributed by atoms with van der Waals surface area (Å²) in [5.41, 5.74) is 0. The predicted molar refractivity (Wildman–Crippen MR) is 109 cm³/mol. The van der Waals surface area contributed by atoms with Crippen molar-refractivity contribution in [2.75, 3.05) is 39.6 Å². The minimum absolute atomic E-state index is 0.0630. The van der Waals surface area contributed by atoms with Crippen LogP contribution in [0.1, 0.15) is 79.1 Å². The number of hydrogen-bond donors (Lipinski definition) is 0. The van der Waals surface area contributed by atoms with Crippen molar-refractivity contribution in [3.05, 3.63) is 0 Å². The molecule has 162 valence electrons. The van der Waals surface area contributed by atoms with Crippen molar-refractivity contribution in [3.8, 4) is 0 Å². The van der Waals surface area contributed by atoms with E-state index in [4.69, 9.17) is 23.7 Å². The molecule has 0 bridgehead atoms. The Morgan fingerprint density at radius 1 is 0.667 bits per heavy atom. The van der Waals surface area contributed by atoms with Crippen LogP contribution in [0, 0.1) is 0 Å². The highest BCUT2D eigenvalue weighted by Gasteiger charge is 2.42. The van der Waals surface area contributed by atoms with Crippen LogP contribution in [-0.2, 0) is 23.7 Å². The molecule has 0 amide bonds. The Morgan fingerprint density at radius 3 is 1.78 bits per heavy atom. The Bertz CT molecular complexity index is 326. The molecule has 0 radical (unpaired) electrons. The zero-order chi connectivity index (χ0) is 19.7. The molecule has 1 rings (SSSR count). The third-order valence-electron chi connectivity index (χ3n) is 4.90. The van der Waals surface area contributed by atoms with Crippen LogP contribution in [0.3, 0.4) is 0 Å². The molecule has 27 heavy (non-hydrogen) atoms. The lowest BCUT2D eigenvalue weighted by molar-refractivity contribution is -0.239. The van der Waals surface area contributed by atoms with E-state index >= 15 is 0 Å². The van der Waals surface area contributed by atoms with Crippen molar-refractivity contribution in [1.82, 2.24) is 0 Å². The minimum atomic E-state index is -0.129. The lowest BCUT2D eigenvalue weighted by Gasteiger charge is -2.42. The number of ether oxygens (including phenoxy) is 5. The summed E-state index contributed by atoms with van der Waals surface area (Å²) in [4.78, 5) is 0. The van der Waals surface area contributed by atoms with Crippen molar-refractivity contribution in [2.45, 2.75) is 103 Å². The number of hydrogen-bond acceptors (Lipinski definition) is 5. The van der Waals surface area contributed by atoms with E-state index in [9.17, 15) is 0 Å². The van der Waals surface area contributed by atoms with Gasteiger partial charge in [0.15, 0.2) is 0 Å². The van der Waals surface area contributed by atoms with E-state index in [1.54, 1.807) is 0 Å². The van der Waals surface area contributed by atoms with Crippen LogP contribution in [0.4, 0.5) is 0 Å². The van der Waals surface area contributed by atoms with Crippen molar-refractivity contribution in [3.63, 3.8) is 0 Å². The third kappa shape index (κ3) is 10.2. The molecule has 0 aromatic rings. The van der Waals surface area contributed by atoms with Gasteiger partial charge in [-0.3, -0.25) is 0 Å². The fourth-order valence-electron chi connectivity index (χ4n) is 3.07. The van der Waals surface area contributed by atoms with Crippen LogP contribution in [-0.4, -0.2) is 64.1 Å². The standard InChI is InChI=1S/C22H44O5/c1-5-9-13-23-17-19-21(25-15-11-7-3)22(26-16-12-8-4)20(18-27-19)24-14-10-6-2/h19-22H,5-18H2,1-4H3/t19?,20-,21-,22?/m1/s1. The molecule has 0 aromatic heterocycles. The van der Waals surface area contributed by atoms with Crippen LogP contribution in [0.25, 0.3) is 0 Å². The average Bonchev–Trinajstić information content (AvgIpc) is 2.68. The van der Waals surface area contributed by atoms with Gasteiger partial charge < -0.3 is 23.7 Å². The van der Waals surface area contributed by atoms with Gasteiger partial charge in [-0.2, -0.15) is 0 Å². The van der Waals surface area contributed by atoms with E-state index in [1.807, 2.05) is 0 Å². The van der Waals surface area contributed by atoms with Crippen LogP contribution < -0.4 is 0 Å². The first-order valence-corrected chi connectivity index (χ1v) is 11.3. The fraction of sp³-hybridized carbons (Fsp3) is 1.00. The summed E-state index contributed by atoms with van der Waals surface area (Å²) in [6.07, 6.45) is 8.37. The van der Waals surface area contributed by atoms with E-state index in [0.29, 0.717) is 13.2 Å². The zero-order valence-corrected chi connectivity index (χ0v) is 18.3. The second-order valence-corrected chi connectivity index (χ2v) is 7.44. The van der Waals surface area contributed by atoms with E-state index in [2.05, 4.69) is 27.7 Å². The Kier molecular flexibility index (Phi) is 15.4. The van der Waals surface area contributed by atoms with Crippen LogP contribution in [0.2, 0.25) is 0 Å². The van der Waals surface area contributed by atoms with Gasteiger partial charge in [-0.05, 0) is 25.7 Å². The van der Waals surface area contributed by atoms with Crippen molar-refractivity contribution in [2.24, 2.45) is 0 Å². The van der Waals surface area contributed by atoms with E-state index in [1.165, 1.54) is 0 Å². The first kappa shape index (κ1) is 24.8. The van der Waals surface area contributed by atoms with Gasteiger partial charge in [0, 0.05) is 26.4 Å². The molecule has 1 heterocycles. The summed E-state index contributed by atoms with van der Waals surface area (Å²) < 4.78 is 30.7. The topological polar surface area (TPSA) is 46.2 Å². The van der Waals surface area contributed by atoms with E-state index in [-0.39, 0.29) is 24.4 Å². The van der Waals surface area contributed by atoms with Crippen molar-refractivity contribution < 1.29 is 23.7 Å². The lowest BCUT2D eigenvalue weighted by atomic mass is 9.99. The first-order valence-electron chi connectivity index (χ1n) is 11.3. The molecule has 1 saturated heterocycles. The molecule has 0 aliphatic carbocycles. The number of rotatable bonds is 17. The molecule has 5 heteroatoms. The molecule has 1 aliphatic rings. The van der Waals surface area contributed by atoms with Crippen LogP contribution in [0.5, 0.6) is 0 Å². The molecule has 0 spiro atoms. The maximum Gasteiger partial charge on any atom is 0.115 e. The van der Waals surface area contributed by atoms with Gasteiger partial charge in [0.1, 0.15) is 24.4 Å². The fourth-order valence-corrected chi connectivity index (χ4v) is 3.07. The van der Waals surface area contributed by atoms with Gasteiger partial charge in [0.25, 0.3) is 0 Å². The molecule has 1 aliphatic heterocycles. The Balaban J connectivity index is 2.72. The summed E-state index contributed by atoms with van der Waals surface area (Å²) in [7, 11) is 0. The maximum atomic E-state index is 6.28. The Morgan fingerprint density at radius 2 is 1.19 bits per heavy atom. The highest BCUT2D eigenvalue weighted by molar-refractivity contribution is 4.90. The van der Waals surface area contributed by atoms with Gasteiger partial charge in [-0.15, -0.1) is 0 Å². The zero-order valence-electron chi connectivity index (χ0n) is 18.3. The molecular formula is C22H44O5. The van der Waals surface area contributed by atoms with Gasteiger partial charge in [-0.25, -0.2) is 0 Å². The lowest BCUT2D eigenvalue weighted by Crippen LogP contribution is -2.57. The third-order valence-corrected chi connectivity index (χ3v) is 4.90. The smallest absolute Gasteiger partial charge is 0.115 e. The van der Waals surface area contributed by atoms with E-state index < -0.39 is 0 Å². The molecular weight excluding hydrogens is 344 g/mol. The van der Waals surface area contributed by atoms with Crippen LogP contribution >= 0.6 is 0 Å².